The molecule has 2 aromatic rings. The third-order valence-electron chi connectivity index (χ3n) is 2.41. The summed E-state index contributed by atoms with van der Waals surface area (Å²) in [5, 5.41) is 0. The van der Waals surface area contributed by atoms with Crippen molar-refractivity contribution in [2.45, 2.75) is 13.5 Å². The van der Waals surface area contributed by atoms with Crippen LogP contribution >= 0.6 is 22.6 Å². The number of benzene rings is 1. The van der Waals surface area contributed by atoms with E-state index >= 15 is 0 Å². The van der Waals surface area contributed by atoms with Gasteiger partial charge in [0.15, 0.2) is 0 Å². The predicted octanol–water partition coefficient (Wildman–Crippen LogP) is 3.25. The summed E-state index contributed by atoms with van der Waals surface area (Å²) in [6.07, 6.45) is 0. The molecule has 2 N–H and O–H groups in total. The van der Waals surface area contributed by atoms with Gasteiger partial charge in [-0.3, -0.25) is 0 Å². The number of halogens is 1. The van der Waals surface area contributed by atoms with Crippen LogP contribution < -0.4 is 10.5 Å². The van der Waals surface area contributed by atoms with Crippen LogP contribution in [-0.2, 0) is 6.54 Å². The van der Waals surface area contributed by atoms with Crippen molar-refractivity contribution in [1.82, 2.24) is 4.98 Å². The van der Waals surface area contributed by atoms with Gasteiger partial charge in [0.1, 0.15) is 5.75 Å². The van der Waals surface area contributed by atoms with Crippen LogP contribution in [0.15, 0.2) is 36.4 Å². The lowest BCUT2D eigenvalue weighted by Gasteiger charge is -2.07. The molecule has 0 aliphatic carbocycles. The smallest absolute Gasteiger partial charge is 0.219 e. The highest BCUT2D eigenvalue weighted by molar-refractivity contribution is 14.1. The molecule has 88 valence electrons. The van der Waals surface area contributed by atoms with Gasteiger partial charge in [-0.1, -0.05) is 12.1 Å². The number of nitrogens with zero attached hydrogens (tertiary/aromatic N) is 1. The molecule has 0 radical (unpaired) electrons. The zero-order valence-electron chi connectivity index (χ0n) is 9.48. The van der Waals surface area contributed by atoms with Crippen LogP contribution in [0.1, 0.15) is 11.3 Å². The Morgan fingerprint density at radius 1 is 1.29 bits per heavy atom. The van der Waals surface area contributed by atoms with E-state index in [1.165, 1.54) is 0 Å². The first-order chi connectivity index (χ1) is 8.19. The Morgan fingerprint density at radius 2 is 2.12 bits per heavy atom. The van der Waals surface area contributed by atoms with E-state index in [-0.39, 0.29) is 0 Å². The second-order valence-electron chi connectivity index (χ2n) is 3.66. The number of pyridine rings is 1. The molecule has 0 aliphatic heterocycles. The Balaban J connectivity index is 2.22. The molecule has 0 fully saturated rings. The zero-order chi connectivity index (χ0) is 12.3. The summed E-state index contributed by atoms with van der Waals surface area (Å²) in [7, 11) is 0. The van der Waals surface area contributed by atoms with Crippen molar-refractivity contribution in [1.29, 1.82) is 0 Å². The minimum absolute atomic E-state index is 0.502. The fourth-order valence-corrected chi connectivity index (χ4v) is 2.01. The summed E-state index contributed by atoms with van der Waals surface area (Å²) >= 11 is 2.25. The van der Waals surface area contributed by atoms with Crippen molar-refractivity contribution < 1.29 is 4.74 Å². The molecular formula is C13H13IN2O. The predicted molar refractivity (Wildman–Crippen MR) is 76.1 cm³/mol. The Hall–Kier alpha value is -1.14. The monoisotopic (exact) mass is 340 g/mol. The normalized spacial score (nSPS) is 10.3. The van der Waals surface area contributed by atoms with Gasteiger partial charge in [0.2, 0.25) is 5.88 Å². The van der Waals surface area contributed by atoms with Crippen LogP contribution in [0, 0.1) is 10.5 Å². The van der Waals surface area contributed by atoms with Gasteiger partial charge in [-0.05, 0) is 53.3 Å². The highest BCUT2D eigenvalue weighted by Crippen LogP contribution is 2.22. The van der Waals surface area contributed by atoms with E-state index in [1.54, 1.807) is 0 Å². The van der Waals surface area contributed by atoms with Gasteiger partial charge in [-0.15, -0.1) is 0 Å². The second-order valence-corrected chi connectivity index (χ2v) is 4.90. The van der Waals surface area contributed by atoms with E-state index in [4.69, 9.17) is 10.5 Å². The summed E-state index contributed by atoms with van der Waals surface area (Å²) in [4.78, 5) is 4.36. The maximum Gasteiger partial charge on any atom is 0.219 e. The lowest BCUT2D eigenvalue weighted by atomic mass is 10.2. The molecule has 1 heterocycles. The van der Waals surface area contributed by atoms with Crippen LogP contribution in [0.3, 0.4) is 0 Å². The molecule has 3 nitrogen and oxygen atoms in total. The first kappa shape index (κ1) is 12.3. The Morgan fingerprint density at radius 3 is 2.76 bits per heavy atom. The van der Waals surface area contributed by atoms with E-state index in [2.05, 4.69) is 27.6 Å². The Labute approximate surface area is 114 Å². The number of nitrogens with two attached hydrogens (primary N) is 1. The highest BCUT2D eigenvalue weighted by Gasteiger charge is 2.02. The van der Waals surface area contributed by atoms with Gasteiger partial charge in [-0.2, -0.15) is 0 Å². The summed E-state index contributed by atoms with van der Waals surface area (Å²) in [6.45, 7) is 2.44. The SMILES string of the molecule is Cc1nc(Oc2cccc(I)c2)ccc1CN. The average Bonchev–Trinajstić information content (AvgIpc) is 2.29. The maximum atomic E-state index is 5.68. The third kappa shape index (κ3) is 3.17. The van der Waals surface area contributed by atoms with Crippen molar-refractivity contribution in [2.75, 3.05) is 0 Å². The van der Waals surface area contributed by atoms with Gasteiger partial charge in [0.05, 0.1) is 0 Å². The quantitative estimate of drug-likeness (QED) is 0.873. The number of hydrogen-bond acceptors (Lipinski definition) is 3. The molecule has 0 aliphatic rings. The Bertz CT molecular complexity index is 529. The van der Waals surface area contributed by atoms with E-state index in [0.717, 1.165) is 20.6 Å². The molecule has 1 aromatic heterocycles. The van der Waals surface area contributed by atoms with Crippen molar-refractivity contribution in [3.05, 3.63) is 51.2 Å². The molecule has 0 unspecified atom stereocenters. The third-order valence-corrected chi connectivity index (χ3v) is 3.08. The van der Waals surface area contributed by atoms with Crippen LogP contribution in [-0.4, -0.2) is 4.98 Å². The van der Waals surface area contributed by atoms with Gasteiger partial charge < -0.3 is 10.5 Å². The minimum Gasteiger partial charge on any atom is -0.439 e. The molecule has 0 saturated carbocycles. The van der Waals surface area contributed by atoms with Crippen LogP contribution in [0.4, 0.5) is 0 Å². The number of aromatic nitrogens is 1. The number of rotatable bonds is 3. The topological polar surface area (TPSA) is 48.1 Å². The standard InChI is InChI=1S/C13H13IN2O/c1-9-10(8-15)5-6-13(16-9)17-12-4-2-3-11(14)7-12/h2-7H,8,15H2,1H3. The van der Waals surface area contributed by atoms with Crippen molar-refractivity contribution in [3.63, 3.8) is 0 Å². The van der Waals surface area contributed by atoms with Crippen molar-refractivity contribution in [2.24, 2.45) is 5.73 Å². The number of ether oxygens (including phenoxy) is 1. The molecule has 0 atom stereocenters. The van der Waals surface area contributed by atoms with E-state index in [0.29, 0.717) is 12.4 Å². The van der Waals surface area contributed by atoms with Gasteiger partial charge in [-0.25, -0.2) is 4.98 Å². The fraction of sp³-hybridized carbons (Fsp3) is 0.154. The second kappa shape index (κ2) is 5.46. The molecule has 0 bridgehead atoms. The van der Waals surface area contributed by atoms with Crippen molar-refractivity contribution in [3.8, 4) is 11.6 Å². The first-order valence-electron chi connectivity index (χ1n) is 5.29. The lowest BCUT2D eigenvalue weighted by Crippen LogP contribution is -2.01. The van der Waals surface area contributed by atoms with Gasteiger partial charge in [0, 0.05) is 21.9 Å². The van der Waals surface area contributed by atoms with E-state index in [9.17, 15) is 0 Å². The van der Waals surface area contributed by atoms with Gasteiger partial charge in [0.25, 0.3) is 0 Å². The van der Waals surface area contributed by atoms with Crippen LogP contribution in [0.25, 0.3) is 0 Å². The van der Waals surface area contributed by atoms with E-state index < -0.39 is 0 Å². The summed E-state index contributed by atoms with van der Waals surface area (Å²) in [5.74, 6) is 1.39. The molecule has 1 aromatic carbocycles. The summed E-state index contributed by atoms with van der Waals surface area (Å²) < 4.78 is 6.82. The first-order valence-corrected chi connectivity index (χ1v) is 6.37. The molecule has 0 saturated heterocycles. The maximum absolute atomic E-state index is 5.68. The molecular weight excluding hydrogens is 327 g/mol. The number of hydrogen-bond donors (Lipinski definition) is 1. The van der Waals surface area contributed by atoms with Crippen molar-refractivity contribution >= 4 is 22.6 Å². The van der Waals surface area contributed by atoms with Crippen LogP contribution in [0.2, 0.25) is 0 Å². The largest absolute Gasteiger partial charge is 0.439 e. The molecule has 0 spiro atoms. The number of aryl methyl sites for hydroxylation is 1. The average molecular weight is 340 g/mol. The van der Waals surface area contributed by atoms with Crippen LogP contribution in [0.5, 0.6) is 11.6 Å². The molecule has 2 rings (SSSR count). The molecule has 17 heavy (non-hydrogen) atoms. The fourth-order valence-electron chi connectivity index (χ4n) is 1.49. The summed E-state index contributed by atoms with van der Waals surface area (Å²) in [5.41, 5.74) is 7.55. The zero-order valence-corrected chi connectivity index (χ0v) is 11.6. The Kier molecular flexibility index (Phi) is 3.96. The van der Waals surface area contributed by atoms with E-state index in [1.807, 2.05) is 43.3 Å². The summed E-state index contributed by atoms with van der Waals surface area (Å²) in [6, 6.07) is 11.6. The molecule has 4 heteroatoms. The molecule has 0 amide bonds. The highest BCUT2D eigenvalue weighted by atomic mass is 127. The van der Waals surface area contributed by atoms with Gasteiger partial charge >= 0.3 is 0 Å². The minimum atomic E-state index is 0.502. The lowest BCUT2D eigenvalue weighted by molar-refractivity contribution is 0.461.